The van der Waals surface area contributed by atoms with Crippen molar-refractivity contribution < 1.29 is 4.79 Å². The quantitative estimate of drug-likeness (QED) is 0.882. The standard InChI is InChI=1S/C16H22N2O/c1-12(2)11-13-5-7-14(8-6-13)16(3,4)18-15(19)9-10-17/h5-8,12H,9,11H2,1-4H3,(H,18,19). The van der Waals surface area contributed by atoms with Gasteiger partial charge in [-0.25, -0.2) is 0 Å². The summed E-state index contributed by atoms with van der Waals surface area (Å²) >= 11 is 0. The molecule has 1 rings (SSSR count). The van der Waals surface area contributed by atoms with Gasteiger partial charge in [0.2, 0.25) is 5.91 Å². The summed E-state index contributed by atoms with van der Waals surface area (Å²) in [6.07, 6.45) is 0.955. The van der Waals surface area contributed by atoms with E-state index in [1.54, 1.807) is 0 Å². The summed E-state index contributed by atoms with van der Waals surface area (Å²) in [5, 5.41) is 11.4. The molecule has 0 aromatic heterocycles. The van der Waals surface area contributed by atoms with Crippen molar-refractivity contribution in [2.45, 2.75) is 46.1 Å². The smallest absolute Gasteiger partial charge is 0.234 e. The van der Waals surface area contributed by atoms with Crippen LogP contribution in [-0.4, -0.2) is 5.91 Å². The summed E-state index contributed by atoms with van der Waals surface area (Å²) in [5.74, 6) is 0.396. The monoisotopic (exact) mass is 258 g/mol. The SMILES string of the molecule is CC(C)Cc1ccc(C(C)(C)NC(=O)CC#N)cc1. The van der Waals surface area contributed by atoms with E-state index in [2.05, 4.69) is 31.3 Å². The summed E-state index contributed by atoms with van der Waals surface area (Å²) in [7, 11) is 0. The fourth-order valence-electron chi connectivity index (χ4n) is 2.07. The number of hydrogen-bond acceptors (Lipinski definition) is 2. The van der Waals surface area contributed by atoms with Gasteiger partial charge in [-0.05, 0) is 37.3 Å². The Morgan fingerprint density at radius 1 is 1.32 bits per heavy atom. The molecule has 0 unspecified atom stereocenters. The van der Waals surface area contributed by atoms with Gasteiger partial charge in [0.25, 0.3) is 0 Å². The molecule has 0 saturated heterocycles. The van der Waals surface area contributed by atoms with Gasteiger partial charge in [0.15, 0.2) is 0 Å². The van der Waals surface area contributed by atoms with E-state index in [1.165, 1.54) is 5.56 Å². The normalized spacial score (nSPS) is 11.2. The number of nitrogens with one attached hydrogen (secondary N) is 1. The molecule has 0 aliphatic carbocycles. The van der Waals surface area contributed by atoms with Gasteiger partial charge in [-0.3, -0.25) is 4.79 Å². The molecule has 1 amide bonds. The molecule has 3 nitrogen and oxygen atoms in total. The molecule has 0 atom stereocenters. The molecule has 1 aromatic carbocycles. The maximum absolute atomic E-state index is 11.5. The van der Waals surface area contributed by atoms with E-state index in [9.17, 15) is 4.79 Å². The molecule has 0 bridgehead atoms. The lowest BCUT2D eigenvalue weighted by atomic mass is 9.92. The summed E-state index contributed by atoms with van der Waals surface area (Å²) in [4.78, 5) is 11.5. The van der Waals surface area contributed by atoms with Crippen LogP contribution in [-0.2, 0) is 16.8 Å². The van der Waals surface area contributed by atoms with Crippen LogP contribution in [0.15, 0.2) is 24.3 Å². The van der Waals surface area contributed by atoms with Crippen LogP contribution in [0, 0.1) is 17.2 Å². The topological polar surface area (TPSA) is 52.9 Å². The summed E-state index contributed by atoms with van der Waals surface area (Å²) < 4.78 is 0. The molecule has 0 fully saturated rings. The molecule has 0 spiro atoms. The first-order valence-corrected chi connectivity index (χ1v) is 6.62. The molecule has 0 aliphatic rings. The van der Waals surface area contributed by atoms with Gasteiger partial charge in [0.05, 0.1) is 11.6 Å². The first kappa shape index (κ1) is 15.2. The third-order valence-corrected chi connectivity index (χ3v) is 3.01. The maximum Gasteiger partial charge on any atom is 0.234 e. The van der Waals surface area contributed by atoms with Crippen LogP contribution < -0.4 is 5.32 Å². The van der Waals surface area contributed by atoms with Crippen molar-refractivity contribution in [3.8, 4) is 6.07 Å². The molecule has 0 saturated carbocycles. The minimum Gasteiger partial charge on any atom is -0.346 e. The van der Waals surface area contributed by atoms with Gasteiger partial charge in [0.1, 0.15) is 6.42 Å². The fraction of sp³-hybridized carbons (Fsp3) is 0.500. The van der Waals surface area contributed by atoms with Crippen molar-refractivity contribution in [1.82, 2.24) is 5.32 Å². The fourth-order valence-corrected chi connectivity index (χ4v) is 2.07. The molecular weight excluding hydrogens is 236 g/mol. The molecule has 0 heterocycles. The summed E-state index contributed by atoms with van der Waals surface area (Å²) in [6, 6.07) is 10.2. The zero-order valence-corrected chi connectivity index (χ0v) is 12.2. The third-order valence-electron chi connectivity index (χ3n) is 3.01. The highest BCUT2D eigenvalue weighted by Gasteiger charge is 2.22. The van der Waals surface area contributed by atoms with Crippen LogP contribution >= 0.6 is 0 Å². The maximum atomic E-state index is 11.5. The zero-order chi connectivity index (χ0) is 14.5. The van der Waals surface area contributed by atoms with Crippen LogP contribution in [0.1, 0.15) is 45.2 Å². The van der Waals surface area contributed by atoms with Crippen molar-refractivity contribution in [1.29, 1.82) is 5.26 Å². The average molecular weight is 258 g/mol. The van der Waals surface area contributed by atoms with Gasteiger partial charge in [0, 0.05) is 0 Å². The van der Waals surface area contributed by atoms with E-state index in [-0.39, 0.29) is 12.3 Å². The second-order valence-corrected chi connectivity index (χ2v) is 5.80. The minimum absolute atomic E-state index is 0.102. The van der Waals surface area contributed by atoms with E-state index in [4.69, 9.17) is 5.26 Å². The first-order chi connectivity index (χ1) is 8.85. The molecule has 1 aromatic rings. The molecule has 19 heavy (non-hydrogen) atoms. The molecule has 1 N–H and O–H groups in total. The van der Waals surface area contributed by atoms with Gasteiger partial charge in [-0.1, -0.05) is 38.1 Å². The molecular formula is C16H22N2O. The lowest BCUT2D eigenvalue weighted by Crippen LogP contribution is -2.40. The van der Waals surface area contributed by atoms with Crippen molar-refractivity contribution in [3.63, 3.8) is 0 Å². The number of nitriles is 1. The van der Waals surface area contributed by atoms with E-state index >= 15 is 0 Å². The van der Waals surface area contributed by atoms with E-state index in [0.29, 0.717) is 5.92 Å². The van der Waals surface area contributed by atoms with Gasteiger partial charge in [-0.2, -0.15) is 5.26 Å². The Balaban J connectivity index is 2.78. The number of benzene rings is 1. The van der Waals surface area contributed by atoms with Crippen LogP contribution in [0.5, 0.6) is 0 Å². The van der Waals surface area contributed by atoms with Gasteiger partial charge >= 0.3 is 0 Å². The Hall–Kier alpha value is -1.82. The second kappa shape index (κ2) is 6.38. The van der Waals surface area contributed by atoms with Crippen LogP contribution in [0.3, 0.4) is 0 Å². The van der Waals surface area contributed by atoms with Crippen LogP contribution in [0.25, 0.3) is 0 Å². The Morgan fingerprint density at radius 2 is 1.89 bits per heavy atom. The highest BCUT2D eigenvalue weighted by atomic mass is 16.1. The van der Waals surface area contributed by atoms with Crippen molar-refractivity contribution in [2.24, 2.45) is 5.92 Å². The Kier molecular flexibility index (Phi) is 5.11. The predicted octanol–water partition coefficient (Wildman–Crippen LogP) is 3.15. The van der Waals surface area contributed by atoms with Gasteiger partial charge in [-0.15, -0.1) is 0 Å². The second-order valence-electron chi connectivity index (χ2n) is 5.80. The lowest BCUT2D eigenvalue weighted by molar-refractivity contribution is -0.121. The molecule has 0 aliphatic heterocycles. The number of carbonyl (C=O) groups excluding carboxylic acids is 1. The minimum atomic E-state index is -0.454. The number of amides is 1. The largest absolute Gasteiger partial charge is 0.346 e. The average Bonchev–Trinajstić information content (AvgIpc) is 2.28. The Bertz CT molecular complexity index is 467. The third kappa shape index (κ3) is 4.75. The zero-order valence-electron chi connectivity index (χ0n) is 12.2. The first-order valence-electron chi connectivity index (χ1n) is 6.62. The summed E-state index contributed by atoms with van der Waals surface area (Å²) in [5.41, 5.74) is 1.90. The number of nitrogens with zero attached hydrogens (tertiary/aromatic N) is 1. The highest BCUT2D eigenvalue weighted by Crippen LogP contribution is 2.21. The number of hydrogen-bond donors (Lipinski definition) is 1. The van der Waals surface area contributed by atoms with E-state index < -0.39 is 5.54 Å². The lowest BCUT2D eigenvalue weighted by Gasteiger charge is -2.26. The molecule has 0 radical (unpaired) electrons. The van der Waals surface area contributed by atoms with Crippen molar-refractivity contribution in [3.05, 3.63) is 35.4 Å². The van der Waals surface area contributed by atoms with E-state index in [1.807, 2.05) is 32.0 Å². The Morgan fingerprint density at radius 3 is 2.37 bits per heavy atom. The van der Waals surface area contributed by atoms with E-state index in [0.717, 1.165) is 12.0 Å². The Labute approximate surface area is 115 Å². The molecule has 3 heteroatoms. The molecule has 102 valence electrons. The van der Waals surface area contributed by atoms with Crippen molar-refractivity contribution in [2.75, 3.05) is 0 Å². The number of carbonyl (C=O) groups is 1. The predicted molar refractivity (Wildman–Crippen MR) is 76.4 cm³/mol. The summed E-state index contributed by atoms with van der Waals surface area (Å²) in [6.45, 7) is 8.28. The number of rotatable bonds is 5. The highest BCUT2D eigenvalue weighted by molar-refractivity contribution is 5.78. The van der Waals surface area contributed by atoms with Gasteiger partial charge < -0.3 is 5.32 Å². The van der Waals surface area contributed by atoms with Crippen LogP contribution in [0.2, 0.25) is 0 Å². The van der Waals surface area contributed by atoms with Crippen LogP contribution in [0.4, 0.5) is 0 Å². The van der Waals surface area contributed by atoms with Crippen molar-refractivity contribution >= 4 is 5.91 Å².